The van der Waals surface area contributed by atoms with E-state index in [0.717, 1.165) is 141 Å². The van der Waals surface area contributed by atoms with E-state index in [9.17, 15) is 14.7 Å². The SMILES string of the molecule is CC/C=C\C/C=C\C/C=C\C/C=C\C/C=C\C/C=C\C/C=C\C/C=C\C/C=C\CCCCCCCCCCCC(=O)OC(CO)COC(=O)CCCCCCCCCCCCCCCCCC/C=C\C/C=C\C/C=C\C/C=C\C/C=C\C/C=C\CC. The monoisotopic (exact) mass is 1180 g/mol. The molecule has 0 fully saturated rings. The maximum atomic E-state index is 12.4. The molecule has 0 rings (SSSR count). The van der Waals surface area contributed by atoms with Crippen LogP contribution in [0.15, 0.2) is 182 Å². The highest BCUT2D eigenvalue weighted by molar-refractivity contribution is 5.70. The molecule has 86 heavy (non-hydrogen) atoms. The summed E-state index contributed by atoms with van der Waals surface area (Å²) in [5, 5.41) is 9.71. The van der Waals surface area contributed by atoms with Crippen molar-refractivity contribution < 1.29 is 24.2 Å². The Balaban J connectivity index is 3.55. The average molecular weight is 1180 g/mol. The summed E-state index contributed by atoms with van der Waals surface area (Å²) in [6.07, 6.45) is 116. The number of esters is 2. The van der Waals surface area contributed by atoms with Crippen molar-refractivity contribution in [3.05, 3.63) is 182 Å². The Morgan fingerprint density at radius 1 is 0.267 bits per heavy atom. The van der Waals surface area contributed by atoms with Crippen LogP contribution in [0.5, 0.6) is 0 Å². The van der Waals surface area contributed by atoms with E-state index in [0.29, 0.717) is 12.8 Å². The van der Waals surface area contributed by atoms with E-state index in [1.54, 1.807) is 0 Å². The number of carbonyl (C=O) groups excluding carboxylic acids is 2. The van der Waals surface area contributed by atoms with Gasteiger partial charge in [-0.3, -0.25) is 9.59 Å². The molecule has 484 valence electrons. The third-order valence-corrected chi connectivity index (χ3v) is 14.7. The van der Waals surface area contributed by atoms with E-state index in [4.69, 9.17) is 9.47 Å². The summed E-state index contributed by atoms with van der Waals surface area (Å²) < 4.78 is 10.8. The lowest BCUT2D eigenvalue weighted by molar-refractivity contribution is -0.161. The first kappa shape index (κ1) is 81.0. The van der Waals surface area contributed by atoms with Crippen LogP contribution in [0.4, 0.5) is 0 Å². The summed E-state index contributed by atoms with van der Waals surface area (Å²) >= 11 is 0. The van der Waals surface area contributed by atoms with Crippen molar-refractivity contribution in [3.8, 4) is 0 Å². The molecule has 1 N–H and O–H groups in total. The molecule has 0 aliphatic heterocycles. The number of hydrogen-bond donors (Lipinski definition) is 1. The zero-order valence-corrected chi connectivity index (χ0v) is 55.5. The van der Waals surface area contributed by atoms with Crippen molar-refractivity contribution in [2.24, 2.45) is 0 Å². The number of hydrogen-bond acceptors (Lipinski definition) is 5. The van der Waals surface area contributed by atoms with E-state index < -0.39 is 6.10 Å². The van der Waals surface area contributed by atoms with Crippen molar-refractivity contribution in [1.29, 1.82) is 0 Å². The molecule has 1 atom stereocenters. The standard InChI is InChI=1S/C81H130O5/c1-3-5-7-9-11-13-15-17-19-21-23-25-27-29-31-33-35-37-39-40-42-44-46-48-50-52-54-56-58-60-62-64-66-68-70-72-74-76-81(84)86-79(77-82)78-85-80(83)75-73-71-69-67-65-63-61-59-57-55-53-51-49-47-45-43-41-38-36-34-32-30-28-26-24-22-20-18-16-14-12-10-8-6-4-2/h5-8,11-14,17-20,23-26,29-32,35-38,40,42,46,48,52,54,79,82H,3-4,9-10,15-16,21-22,27-28,33-34,39,41,43-45,47,49-51,53,55-78H2,1-2H3/b7-5-,8-6-,13-11-,14-12-,19-17-,20-18-,25-23-,26-24-,31-29-,32-30-,37-35-,38-36-,42-40-,48-46-,54-52-. The fraction of sp³-hybridized carbons (Fsp3) is 0.605. The molecule has 0 aromatic rings. The normalized spacial score (nSPS) is 13.4. The van der Waals surface area contributed by atoms with E-state index in [1.165, 1.54) is 128 Å². The van der Waals surface area contributed by atoms with Crippen molar-refractivity contribution in [2.75, 3.05) is 13.2 Å². The van der Waals surface area contributed by atoms with Gasteiger partial charge in [-0.15, -0.1) is 0 Å². The number of ether oxygens (including phenoxy) is 2. The molecule has 0 radical (unpaired) electrons. The minimum Gasteiger partial charge on any atom is -0.462 e. The lowest BCUT2D eigenvalue weighted by atomic mass is 10.0. The van der Waals surface area contributed by atoms with Gasteiger partial charge in [0, 0.05) is 12.8 Å². The van der Waals surface area contributed by atoms with Gasteiger partial charge < -0.3 is 14.6 Å². The van der Waals surface area contributed by atoms with Crippen LogP contribution in [0.2, 0.25) is 0 Å². The summed E-state index contributed by atoms with van der Waals surface area (Å²) in [5.74, 6) is -0.601. The molecule has 5 heteroatoms. The van der Waals surface area contributed by atoms with Gasteiger partial charge in [-0.25, -0.2) is 0 Å². The summed E-state index contributed by atoms with van der Waals surface area (Å²) in [6.45, 7) is 3.92. The van der Waals surface area contributed by atoms with Gasteiger partial charge in [-0.2, -0.15) is 0 Å². The Labute approximate surface area is 531 Å². The summed E-state index contributed by atoms with van der Waals surface area (Å²) in [5.41, 5.74) is 0. The maximum absolute atomic E-state index is 12.4. The maximum Gasteiger partial charge on any atom is 0.306 e. The number of allylic oxidation sites excluding steroid dienone is 30. The highest BCUT2D eigenvalue weighted by Crippen LogP contribution is 2.16. The van der Waals surface area contributed by atoms with Crippen LogP contribution < -0.4 is 0 Å². The quantitative estimate of drug-likeness (QED) is 0.0373. The Morgan fingerprint density at radius 3 is 0.698 bits per heavy atom. The van der Waals surface area contributed by atoms with Crippen LogP contribution in [-0.4, -0.2) is 36.4 Å². The lowest BCUT2D eigenvalue weighted by Crippen LogP contribution is -2.28. The Morgan fingerprint density at radius 2 is 0.465 bits per heavy atom. The summed E-state index contributed by atoms with van der Waals surface area (Å²) in [6, 6.07) is 0. The second-order valence-electron chi connectivity index (χ2n) is 22.8. The molecule has 5 nitrogen and oxygen atoms in total. The van der Waals surface area contributed by atoms with E-state index in [-0.39, 0.29) is 25.2 Å². The van der Waals surface area contributed by atoms with Crippen LogP contribution in [-0.2, 0) is 19.1 Å². The van der Waals surface area contributed by atoms with Gasteiger partial charge in [0.05, 0.1) is 6.61 Å². The molecular weight excluding hydrogens is 1050 g/mol. The molecule has 0 saturated carbocycles. The fourth-order valence-corrected chi connectivity index (χ4v) is 9.49. The number of aliphatic hydroxyl groups excluding tert-OH is 1. The predicted octanol–water partition coefficient (Wildman–Crippen LogP) is 25.0. The molecule has 0 aromatic heterocycles. The van der Waals surface area contributed by atoms with Gasteiger partial charge in [-0.1, -0.05) is 331 Å². The number of aliphatic hydroxyl groups is 1. The first-order valence-electron chi connectivity index (χ1n) is 35.3. The second kappa shape index (κ2) is 74.3. The molecule has 0 heterocycles. The number of unbranched alkanes of at least 4 members (excludes halogenated alkanes) is 25. The van der Waals surface area contributed by atoms with Crippen LogP contribution in [0.3, 0.4) is 0 Å². The second-order valence-corrected chi connectivity index (χ2v) is 22.8. The van der Waals surface area contributed by atoms with Gasteiger partial charge in [0.2, 0.25) is 0 Å². The smallest absolute Gasteiger partial charge is 0.306 e. The molecule has 0 aliphatic rings. The molecule has 0 spiro atoms. The molecule has 0 aliphatic carbocycles. The Bertz CT molecular complexity index is 1920. The molecule has 0 aromatic carbocycles. The van der Waals surface area contributed by atoms with E-state index >= 15 is 0 Å². The van der Waals surface area contributed by atoms with Gasteiger partial charge in [0.1, 0.15) is 6.61 Å². The number of carbonyl (C=O) groups is 2. The minimum atomic E-state index is -0.789. The Hall–Kier alpha value is -5.00. The van der Waals surface area contributed by atoms with Crippen LogP contribution in [0, 0.1) is 0 Å². The van der Waals surface area contributed by atoms with Crippen molar-refractivity contribution >= 4 is 11.9 Å². The van der Waals surface area contributed by atoms with Gasteiger partial charge in [0.25, 0.3) is 0 Å². The van der Waals surface area contributed by atoms with Crippen molar-refractivity contribution in [2.45, 2.75) is 302 Å². The largest absolute Gasteiger partial charge is 0.462 e. The first-order valence-corrected chi connectivity index (χ1v) is 35.3. The van der Waals surface area contributed by atoms with Crippen LogP contribution in [0.1, 0.15) is 296 Å². The zero-order valence-electron chi connectivity index (χ0n) is 55.5. The molecule has 1 unspecified atom stereocenters. The van der Waals surface area contributed by atoms with Gasteiger partial charge >= 0.3 is 11.9 Å². The molecular formula is C81H130O5. The topological polar surface area (TPSA) is 72.8 Å². The lowest BCUT2D eigenvalue weighted by Gasteiger charge is -2.15. The first-order chi connectivity index (χ1) is 42.6. The predicted molar refractivity (Wildman–Crippen MR) is 380 cm³/mol. The van der Waals surface area contributed by atoms with Gasteiger partial charge in [-0.05, 0) is 135 Å². The van der Waals surface area contributed by atoms with Crippen LogP contribution >= 0.6 is 0 Å². The average Bonchev–Trinajstić information content (AvgIpc) is 3.53. The van der Waals surface area contributed by atoms with Crippen molar-refractivity contribution in [1.82, 2.24) is 0 Å². The number of rotatable bonds is 63. The fourth-order valence-electron chi connectivity index (χ4n) is 9.49. The third-order valence-electron chi connectivity index (χ3n) is 14.7. The molecule has 0 saturated heterocycles. The highest BCUT2D eigenvalue weighted by atomic mass is 16.6. The molecule has 0 bridgehead atoms. The van der Waals surface area contributed by atoms with Crippen molar-refractivity contribution in [3.63, 3.8) is 0 Å². The molecule has 0 amide bonds. The Kier molecular flexibility index (Phi) is 69.9. The van der Waals surface area contributed by atoms with Crippen LogP contribution in [0.25, 0.3) is 0 Å². The summed E-state index contributed by atoms with van der Waals surface area (Å²) in [7, 11) is 0. The minimum absolute atomic E-state index is 0.0766. The van der Waals surface area contributed by atoms with E-state index in [1.807, 2.05) is 0 Å². The zero-order chi connectivity index (χ0) is 61.9. The summed E-state index contributed by atoms with van der Waals surface area (Å²) in [4.78, 5) is 24.7. The highest BCUT2D eigenvalue weighted by Gasteiger charge is 2.16. The third kappa shape index (κ3) is 71.5. The van der Waals surface area contributed by atoms with Gasteiger partial charge in [0.15, 0.2) is 6.10 Å². The van der Waals surface area contributed by atoms with E-state index in [2.05, 4.69) is 196 Å².